The molecule has 0 aromatic rings. The zero-order chi connectivity index (χ0) is 10.0. The maximum absolute atomic E-state index is 11.5. The van der Waals surface area contributed by atoms with Crippen molar-refractivity contribution in [1.29, 1.82) is 0 Å². The van der Waals surface area contributed by atoms with Gasteiger partial charge >= 0.3 is 0 Å². The van der Waals surface area contributed by atoms with Crippen LogP contribution in [0.25, 0.3) is 0 Å². The van der Waals surface area contributed by atoms with E-state index in [4.69, 9.17) is 9.47 Å². The first-order chi connectivity index (χ1) is 6.76. The summed E-state index contributed by atoms with van der Waals surface area (Å²) in [5, 5.41) is 0.378. The first-order valence-corrected chi connectivity index (χ1v) is 6.00. The highest BCUT2D eigenvalue weighted by molar-refractivity contribution is 9.09. The van der Waals surface area contributed by atoms with Crippen LogP contribution in [0.4, 0.5) is 0 Å². The average molecular weight is 264 g/mol. The van der Waals surface area contributed by atoms with E-state index in [2.05, 4.69) is 15.9 Å². The number of ether oxygens (including phenoxy) is 2. The molecule has 0 aliphatic carbocycles. The lowest BCUT2D eigenvalue weighted by Gasteiger charge is -2.38. The highest BCUT2D eigenvalue weighted by atomic mass is 79.9. The van der Waals surface area contributed by atoms with Crippen molar-refractivity contribution in [1.82, 2.24) is 4.90 Å². The molecule has 0 unspecified atom stereocenters. The van der Waals surface area contributed by atoms with Gasteiger partial charge in [-0.2, -0.15) is 0 Å². The second-order valence-electron chi connectivity index (χ2n) is 3.66. The number of nitrogens with zero attached hydrogens (tertiary/aromatic N) is 1. The van der Waals surface area contributed by atoms with Gasteiger partial charge in [0.15, 0.2) is 5.79 Å². The fraction of sp³-hybridized carbons (Fsp3) is 0.889. The number of alkyl halides is 1. The van der Waals surface area contributed by atoms with Crippen LogP contribution in [0, 0.1) is 0 Å². The van der Waals surface area contributed by atoms with Crippen molar-refractivity contribution < 1.29 is 14.3 Å². The third-order valence-corrected chi connectivity index (χ3v) is 3.18. The van der Waals surface area contributed by atoms with Gasteiger partial charge in [0.05, 0.1) is 25.1 Å². The molecule has 0 aromatic carbocycles. The molecule has 2 fully saturated rings. The van der Waals surface area contributed by atoms with Crippen LogP contribution in [0.3, 0.4) is 0 Å². The van der Waals surface area contributed by atoms with E-state index < -0.39 is 5.79 Å². The number of piperidine rings is 1. The normalized spacial score (nSPS) is 25.6. The molecule has 0 N–H and O–H groups in total. The van der Waals surface area contributed by atoms with Gasteiger partial charge in [-0.15, -0.1) is 0 Å². The van der Waals surface area contributed by atoms with Gasteiger partial charge in [-0.1, -0.05) is 15.9 Å². The predicted molar refractivity (Wildman–Crippen MR) is 54.2 cm³/mol. The topological polar surface area (TPSA) is 38.8 Å². The quantitative estimate of drug-likeness (QED) is 0.656. The van der Waals surface area contributed by atoms with Gasteiger partial charge in [0, 0.05) is 13.0 Å². The summed E-state index contributed by atoms with van der Waals surface area (Å²) in [6.45, 7) is 2.70. The Morgan fingerprint density at radius 3 is 2.79 bits per heavy atom. The van der Waals surface area contributed by atoms with Crippen LogP contribution >= 0.6 is 15.9 Å². The van der Waals surface area contributed by atoms with Crippen LogP contribution in [-0.4, -0.2) is 48.2 Å². The number of hydrogen-bond donors (Lipinski definition) is 0. The molecule has 2 aliphatic rings. The van der Waals surface area contributed by atoms with Crippen molar-refractivity contribution in [3.8, 4) is 0 Å². The summed E-state index contributed by atoms with van der Waals surface area (Å²) >= 11 is 3.17. The second-order valence-corrected chi connectivity index (χ2v) is 4.22. The molecule has 1 spiro atoms. The summed E-state index contributed by atoms with van der Waals surface area (Å²) in [5.74, 6) is -0.376. The van der Waals surface area contributed by atoms with E-state index in [9.17, 15) is 4.79 Å². The standard InChI is InChI=1S/C9H14BrNO3/c10-6-8(12)11-3-1-2-9(7-11)13-4-5-14-9/h1-7H2. The lowest BCUT2D eigenvalue weighted by atomic mass is 10.0. The molecule has 80 valence electrons. The predicted octanol–water partition coefficient (Wildman–Crippen LogP) is 0.747. The lowest BCUT2D eigenvalue weighted by Crippen LogP contribution is -2.51. The molecule has 2 rings (SSSR count). The van der Waals surface area contributed by atoms with Crippen LogP contribution in [0.5, 0.6) is 0 Å². The molecule has 0 bridgehead atoms. The summed E-state index contributed by atoms with van der Waals surface area (Å²) in [5.41, 5.74) is 0. The Kier molecular flexibility index (Phi) is 3.09. The molecular formula is C9H14BrNO3. The van der Waals surface area contributed by atoms with Crippen LogP contribution in [0.2, 0.25) is 0 Å². The summed E-state index contributed by atoms with van der Waals surface area (Å²) in [7, 11) is 0. The Hall–Kier alpha value is -0.130. The zero-order valence-corrected chi connectivity index (χ0v) is 9.59. The van der Waals surface area contributed by atoms with E-state index >= 15 is 0 Å². The molecule has 4 nitrogen and oxygen atoms in total. The minimum Gasteiger partial charge on any atom is -0.346 e. The first-order valence-electron chi connectivity index (χ1n) is 4.87. The number of carbonyl (C=O) groups is 1. The highest BCUT2D eigenvalue weighted by Gasteiger charge is 2.41. The summed E-state index contributed by atoms with van der Waals surface area (Å²) in [4.78, 5) is 13.3. The maximum Gasteiger partial charge on any atom is 0.233 e. The molecule has 0 aromatic heterocycles. The van der Waals surface area contributed by atoms with Crippen molar-refractivity contribution in [2.24, 2.45) is 0 Å². The molecule has 0 saturated carbocycles. The number of rotatable bonds is 1. The maximum atomic E-state index is 11.5. The SMILES string of the molecule is O=C(CBr)N1CCCC2(C1)OCCO2. The van der Waals surface area contributed by atoms with E-state index in [1.165, 1.54) is 0 Å². The minimum absolute atomic E-state index is 0.114. The number of amides is 1. The van der Waals surface area contributed by atoms with Gasteiger partial charge in [-0.05, 0) is 6.42 Å². The van der Waals surface area contributed by atoms with E-state index in [-0.39, 0.29) is 5.91 Å². The van der Waals surface area contributed by atoms with Crippen LogP contribution in [0.15, 0.2) is 0 Å². The van der Waals surface area contributed by atoms with Crippen LogP contribution < -0.4 is 0 Å². The average Bonchev–Trinajstić information content (AvgIpc) is 2.65. The minimum atomic E-state index is -0.490. The van der Waals surface area contributed by atoms with Crippen molar-refractivity contribution >= 4 is 21.8 Å². The van der Waals surface area contributed by atoms with Gasteiger partial charge in [-0.3, -0.25) is 4.79 Å². The van der Waals surface area contributed by atoms with Crippen molar-refractivity contribution in [2.45, 2.75) is 18.6 Å². The molecule has 2 aliphatic heterocycles. The third-order valence-electron chi connectivity index (χ3n) is 2.70. The van der Waals surface area contributed by atoms with Gasteiger partial charge in [0.25, 0.3) is 0 Å². The van der Waals surface area contributed by atoms with E-state index in [0.717, 1.165) is 19.4 Å². The highest BCUT2D eigenvalue weighted by Crippen LogP contribution is 2.30. The van der Waals surface area contributed by atoms with Crippen LogP contribution in [-0.2, 0) is 14.3 Å². The Morgan fingerprint density at radius 1 is 1.43 bits per heavy atom. The Bertz CT molecular complexity index is 228. The summed E-state index contributed by atoms with van der Waals surface area (Å²) in [6, 6.07) is 0. The van der Waals surface area contributed by atoms with E-state index in [1.807, 2.05) is 4.90 Å². The molecule has 5 heteroatoms. The zero-order valence-electron chi connectivity index (χ0n) is 8.00. The Balaban J connectivity index is 1.99. The number of hydrogen-bond acceptors (Lipinski definition) is 3. The number of carbonyl (C=O) groups excluding carboxylic acids is 1. The molecular weight excluding hydrogens is 250 g/mol. The lowest BCUT2D eigenvalue weighted by molar-refractivity contribution is -0.192. The van der Waals surface area contributed by atoms with Gasteiger partial charge in [-0.25, -0.2) is 0 Å². The largest absolute Gasteiger partial charge is 0.346 e. The van der Waals surface area contributed by atoms with Crippen molar-refractivity contribution in [3.05, 3.63) is 0 Å². The fourth-order valence-electron chi connectivity index (χ4n) is 2.02. The number of halogens is 1. The molecule has 14 heavy (non-hydrogen) atoms. The van der Waals surface area contributed by atoms with Gasteiger partial charge in [0.2, 0.25) is 5.91 Å². The summed E-state index contributed by atoms with van der Waals surface area (Å²) in [6.07, 6.45) is 1.86. The monoisotopic (exact) mass is 263 g/mol. The first kappa shape index (κ1) is 10.4. The third kappa shape index (κ3) is 1.94. The summed E-state index contributed by atoms with van der Waals surface area (Å²) < 4.78 is 11.1. The number of likely N-dealkylation sites (tertiary alicyclic amines) is 1. The fourth-order valence-corrected chi connectivity index (χ4v) is 2.37. The molecule has 1 amide bonds. The molecule has 0 atom stereocenters. The molecule has 2 saturated heterocycles. The van der Waals surface area contributed by atoms with E-state index in [0.29, 0.717) is 25.1 Å². The molecule has 0 radical (unpaired) electrons. The Labute approximate surface area is 91.7 Å². The van der Waals surface area contributed by atoms with Gasteiger partial charge in [0.1, 0.15) is 0 Å². The second kappa shape index (κ2) is 4.16. The smallest absolute Gasteiger partial charge is 0.233 e. The van der Waals surface area contributed by atoms with Crippen molar-refractivity contribution in [3.63, 3.8) is 0 Å². The van der Waals surface area contributed by atoms with Crippen molar-refractivity contribution in [2.75, 3.05) is 31.6 Å². The van der Waals surface area contributed by atoms with Crippen LogP contribution in [0.1, 0.15) is 12.8 Å². The van der Waals surface area contributed by atoms with Gasteiger partial charge < -0.3 is 14.4 Å². The molecule has 2 heterocycles. The van der Waals surface area contributed by atoms with E-state index in [1.54, 1.807) is 0 Å². The Morgan fingerprint density at radius 2 is 2.14 bits per heavy atom.